The summed E-state index contributed by atoms with van der Waals surface area (Å²) in [6.45, 7) is 8.48. The van der Waals surface area contributed by atoms with Crippen molar-refractivity contribution >= 4 is 0 Å². The normalized spacial score (nSPS) is 18.0. The van der Waals surface area contributed by atoms with Gasteiger partial charge < -0.3 is 24.3 Å². The molecule has 140 valence electrons. The third kappa shape index (κ3) is 11.1. The van der Waals surface area contributed by atoms with Crippen molar-refractivity contribution in [3.05, 3.63) is 0 Å². The van der Waals surface area contributed by atoms with E-state index in [1.165, 1.54) is 0 Å². The van der Waals surface area contributed by atoms with Crippen molar-refractivity contribution in [3.8, 4) is 0 Å². The lowest BCUT2D eigenvalue weighted by Gasteiger charge is -2.44. The molecule has 2 unspecified atom stereocenters. The van der Waals surface area contributed by atoms with Gasteiger partial charge in [-0.05, 0) is 83.1 Å². The summed E-state index contributed by atoms with van der Waals surface area (Å²) >= 11 is 0. The maximum atomic E-state index is 6.81. The second kappa shape index (κ2) is 9.94. The molecule has 23 heavy (non-hydrogen) atoms. The van der Waals surface area contributed by atoms with Gasteiger partial charge in [0, 0.05) is 26.2 Å². The number of likely N-dealkylation sites (N-methyl/N-ethyl adjacent to an activating group) is 2. The van der Waals surface area contributed by atoms with Gasteiger partial charge in [-0.3, -0.25) is 0 Å². The van der Waals surface area contributed by atoms with E-state index < -0.39 is 0 Å². The van der Waals surface area contributed by atoms with E-state index in [1.807, 2.05) is 0 Å². The molecule has 5 nitrogen and oxygen atoms in total. The van der Waals surface area contributed by atoms with Crippen molar-refractivity contribution in [2.24, 2.45) is 0 Å². The highest BCUT2D eigenvalue weighted by molar-refractivity contribution is 4.88. The Morgan fingerprint density at radius 2 is 0.870 bits per heavy atom. The molecule has 0 saturated heterocycles. The van der Waals surface area contributed by atoms with Gasteiger partial charge in [-0.2, -0.15) is 0 Å². The summed E-state index contributed by atoms with van der Waals surface area (Å²) in [5.41, 5.74) is -0.296. The van der Waals surface area contributed by atoms with Gasteiger partial charge in [0.1, 0.15) is 0 Å². The molecule has 0 rings (SSSR count). The molecule has 0 N–H and O–H groups in total. The molecule has 0 amide bonds. The summed E-state index contributed by atoms with van der Waals surface area (Å²) < 4.78 is 6.81. The first-order valence-corrected chi connectivity index (χ1v) is 8.67. The van der Waals surface area contributed by atoms with Crippen LogP contribution in [-0.4, -0.2) is 113 Å². The van der Waals surface area contributed by atoms with Gasteiger partial charge in [0.2, 0.25) is 0 Å². The van der Waals surface area contributed by atoms with Crippen LogP contribution in [0.2, 0.25) is 0 Å². The van der Waals surface area contributed by atoms with Gasteiger partial charge in [-0.1, -0.05) is 0 Å². The third-order valence-electron chi connectivity index (χ3n) is 3.97. The summed E-state index contributed by atoms with van der Waals surface area (Å²) in [6.07, 6.45) is 2.06. The molecule has 0 bridgehead atoms. The lowest BCUT2D eigenvalue weighted by Crippen LogP contribution is -2.52. The fourth-order valence-electron chi connectivity index (χ4n) is 3.18. The summed E-state index contributed by atoms with van der Waals surface area (Å²) in [4.78, 5) is 8.94. The van der Waals surface area contributed by atoms with E-state index >= 15 is 0 Å². The quantitative estimate of drug-likeness (QED) is 0.540. The fourth-order valence-corrected chi connectivity index (χ4v) is 3.18. The summed E-state index contributed by atoms with van der Waals surface area (Å²) in [7, 11) is 17.0. The Balaban J connectivity index is 5.14. The number of nitrogens with zero attached hydrogens (tertiary/aromatic N) is 4. The standard InChI is InChI=1S/C18H42N4O/c1-17(15-21(7)8,11-13-19(3)4)23-18(2,16-22(9)10)12-14-20(5)6/h11-16H2,1-10H3. The van der Waals surface area contributed by atoms with Crippen LogP contribution < -0.4 is 0 Å². The molecular formula is C18H42N4O. The molecule has 0 radical (unpaired) electrons. The predicted molar refractivity (Wildman–Crippen MR) is 101 cm³/mol. The molecule has 2 atom stereocenters. The molecule has 0 aliphatic carbocycles. The Bertz CT molecular complexity index is 290. The number of ether oxygens (including phenoxy) is 1. The average Bonchev–Trinajstić information content (AvgIpc) is 2.32. The van der Waals surface area contributed by atoms with Crippen LogP contribution in [0.3, 0.4) is 0 Å². The number of hydrogen-bond acceptors (Lipinski definition) is 5. The van der Waals surface area contributed by atoms with Crippen molar-refractivity contribution in [3.63, 3.8) is 0 Å². The van der Waals surface area contributed by atoms with Crippen molar-refractivity contribution < 1.29 is 4.74 Å². The molecule has 0 aromatic rings. The van der Waals surface area contributed by atoms with Crippen LogP contribution in [0.4, 0.5) is 0 Å². The minimum Gasteiger partial charge on any atom is -0.366 e. The van der Waals surface area contributed by atoms with Gasteiger partial charge in [-0.15, -0.1) is 0 Å². The van der Waals surface area contributed by atoms with E-state index in [0.29, 0.717) is 0 Å². The minimum absolute atomic E-state index is 0.148. The molecular weight excluding hydrogens is 288 g/mol. The van der Waals surface area contributed by atoms with Crippen LogP contribution in [0.5, 0.6) is 0 Å². The molecule has 0 aromatic carbocycles. The van der Waals surface area contributed by atoms with Crippen LogP contribution in [0.15, 0.2) is 0 Å². The Kier molecular flexibility index (Phi) is 9.86. The molecule has 0 aliphatic rings. The van der Waals surface area contributed by atoms with Crippen LogP contribution in [-0.2, 0) is 4.74 Å². The lowest BCUT2D eigenvalue weighted by atomic mass is 9.95. The van der Waals surface area contributed by atoms with Crippen molar-refractivity contribution in [2.45, 2.75) is 37.9 Å². The smallest absolute Gasteiger partial charge is 0.0800 e. The molecule has 0 aromatic heterocycles. The monoisotopic (exact) mass is 330 g/mol. The van der Waals surface area contributed by atoms with E-state index in [9.17, 15) is 0 Å². The first-order valence-electron chi connectivity index (χ1n) is 8.67. The Hall–Kier alpha value is -0.200. The first kappa shape index (κ1) is 22.8. The van der Waals surface area contributed by atoms with Gasteiger partial charge in [0.25, 0.3) is 0 Å². The van der Waals surface area contributed by atoms with Gasteiger partial charge >= 0.3 is 0 Å². The largest absolute Gasteiger partial charge is 0.366 e. The van der Waals surface area contributed by atoms with Gasteiger partial charge in [0.15, 0.2) is 0 Å². The lowest BCUT2D eigenvalue weighted by molar-refractivity contribution is -0.162. The molecule has 0 saturated carbocycles. The predicted octanol–water partition coefficient (Wildman–Crippen LogP) is 1.55. The number of rotatable bonds is 12. The SMILES string of the molecule is CN(C)CCC(C)(CN(C)C)OC(C)(CCN(C)C)CN(C)C. The van der Waals surface area contributed by atoms with Crippen LogP contribution in [0.1, 0.15) is 26.7 Å². The minimum atomic E-state index is -0.148. The second-order valence-electron chi connectivity index (χ2n) is 8.58. The molecule has 0 fully saturated rings. The molecule has 0 spiro atoms. The summed E-state index contributed by atoms with van der Waals surface area (Å²) in [6, 6.07) is 0. The number of hydrogen-bond donors (Lipinski definition) is 0. The van der Waals surface area contributed by atoms with E-state index in [-0.39, 0.29) is 11.2 Å². The highest BCUT2D eigenvalue weighted by Crippen LogP contribution is 2.28. The van der Waals surface area contributed by atoms with Gasteiger partial charge in [-0.25, -0.2) is 0 Å². The zero-order chi connectivity index (χ0) is 18.3. The first-order chi connectivity index (χ1) is 10.4. The molecule has 5 heteroatoms. The highest BCUT2D eigenvalue weighted by atomic mass is 16.5. The zero-order valence-corrected chi connectivity index (χ0v) is 17.4. The topological polar surface area (TPSA) is 22.2 Å². The van der Waals surface area contributed by atoms with E-state index in [1.54, 1.807) is 0 Å². The van der Waals surface area contributed by atoms with Crippen LogP contribution in [0, 0.1) is 0 Å². The van der Waals surface area contributed by atoms with E-state index in [2.05, 4.69) is 89.8 Å². The maximum absolute atomic E-state index is 6.81. The summed E-state index contributed by atoms with van der Waals surface area (Å²) in [5, 5.41) is 0. The van der Waals surface area contributed by atoms with Crippen molar-refractivity contribution in [2.75, 3.05) is 82.6 Å². The van der Waals surface area contributed by atoms with Crippen LogP contribution >= 0.6 is 0 Å². The molecule has 0 aliphatic heterocycles. The second-order valence-corrected chi connectivity index (χ2v) is 8.58. The summed E-state index contributed by atoms with van der Waals surface area (Å²) in [5.74, 6) is 0. The van der Waals surface area contributed by atoms with Crippen molar-refractivity contribution in [1.82, 2.24) is 19.6 Å². The van der Waals surface area contributed by atoms with E-state index in [4.69, 9.17) is 4.74 Å². The average molecular weight is 331 g/mol. The van der Waals surface area contributed by atoms with E-state index in [0.717, 1.165) is 39.0 Å². The fraction of sp³-hybridized carbons (Fsp3) is 1.00. The Morgan fingerprint density at radius 3 is 1.09 bits per heavy atom. The van der Waals surface area contributed by atoms with Gasteiger partial charge in [0.05, 0.1) is 11.2 Å². The maximum Gasteiger partial charge on any atom is 0.0800 e. The molecule has 0 heterocycles. The highest BCUT2D eigenvalue weighted by Gasteiger charge is 2.36. The van der Waals surface area contributed by atoms with Crippen molar-refractivity contribution in [1.29, 1.82) is 0 Å². The van der Waals surface area contributed by atoms with Crippen LogP contribution in [0.25, 0.3) is 0 Å². The Labute approximate surface area is 145 Å². The third-order valence-corrected chi connectivity index (χ3v) is 3.97. The Morgan fingerprint density at radius 1 is 0.565 bits per heavy atom. The zero-order valence-electron chi connectivity index (χ0n) is 17.4.